The lowest BCUT2D eigenvalue weighted by atomic mass is 9.96. The minimum atomic E-state index is -0.524. The molecule has 1 aromatic rings. The van der Waals surface area contributed by atoms with E-state index in [0.717, 1.165) is 54.4 Å². The van der Waals surface area contributed by atoms with Gasteiger partial charge in [0.2, 0.25) is 0 Å². The van der Waals surface area contributed by atoms with Crippen LogP contribution in [0.4, 0.5) is 10.5 Å². The first-order chi connectivity index (χ1) is 11.6. The second-order valence-electron chi connectivity index (χ2n) is 7.73. The molecule has 2 rings (SSSR count). The lowest BCUT2D eigenvalue weighted by molar-refractivity contribution is 0.0635. The van der Waals surface area contributed by atoms with Gasteiger partial charge in [-0.05, 0) is 63.8 Å². The predicted molar refractivity (Wildman–Crippen MR) is 106 cm³/mol. The predicted octanol–water partition coefficient (Wildman–Crippen LogP) is 3.65. The van der Waals surface area contributed by atoms with E-state index in [1.54, 1.807) is 0 Å². The number of anilines is 1. The van der Waals surface area contributed by atoms with Gasteiger partial charge in [-0.1, -0.05) is 0 Å². The molecule has 25 heavy (non-hydrogen) atoms. The average molecular weight is 366 g/mol. The number of nitrogens with zero attached hydrogens (tertiary/aromatic N) is 1. The minimum Gasteiger partial charge on any atom is -0.444 e. The summed E-state index contributed by atoms with van der Waals surface area (Å²) < 4.78 is 5.42. The summed E-state index contributed by atoms with van der Waals surface area (Å²) in [5.41, 5.74) is 4.79. The van der Waals surface area contributed by atoms with Crippen LogP contribution in [0.25, 0.3) is 0 Å². The summed E-state index contributed by atoms with van der Waals surface area (Å²) in [4.78, 5) is 15.6. The maximum absolute atomic E-state index is 12.3. The number of hydrogen-bond donors (Lipinski definition) is 3. The summed E-state index contributed by atoms with van der Waals surface area (Å²) in [6, 6.07) is 0. The van der Waals surface area contributed by atoms with Crippen molar-refractivity contribution in [2.75, 3.05) is 31.5 Å². The Morgan fingerprint density at radius 3 is 2.32 bits per heavy atom. The Labute approximate surface area is 156 Å². The van der Waals surface area contributed by atoms with Gasteiger partial charge in [0, 0.05) is 37.6 Å². The summed E-state index contributed by atoms with van der Waals surface area (Å²) in [6.45, 7) is 16.7. The Morgan fingerprint density at radius 2 is 1.76 bits per heavy atom. The SMILES string of the molecule is Cc1c(S)c(C)c(NC(=O)OC(C)(C)C)c(C)c1CN1CCNCC1. The number of nitrogens with one attached hydrogen (secondary N) is 2. The van der Waals surface area contributed by atoms with E-state index in [9.17, 15) is 4.79 Å². The molecule has 1 aliphatic rings. The highest BCUT2D eigenvalue weighted by Crippen LogP contribution is 2.34. The molecule has 0 saturated carbocycles. The van der Waals surface area contributed by atoms with Crippen molar-refractivity contribution in [2.45, 2.75) is 58.6 Å². The van der Waals surface area contributed by atoms with Crippen LogP contribution in [0.5, 0.6) is 0 Å². The highest BCUT2D eigenvalue weighted by atomic mass is 32.1. The molecular weight excluding hydrogens is 334 g/mol. The number of carbonyl (C=O) groups excluding carboxylic acids is 1. The van der Waals surface area contributed by atoms with Crippen LogP contribution in [0.1, 0.15) is 43.0 Å². The number of thiol groups is 1. The summed E-state index contributed by atoms with van der Waals surface area (Å²) in [7, 11) is 0. The third-order valence-corrected chi connectivity index (χ3v) is 5.25. The van der Waals surface area contributed by atoms with Crippen LogP contribution in [0.15, 0.2) is 4.90 Å². The van der Waals surface area contributed by atoms with Crippen LogP contribution in [-0.4, -0.2) is 42.8 Å². The van der Waals surface area contributed by atoms with Crippen LogP contribution in [-0.2, 0) is 11.3 Å². The van der Waals surface area contributed by atoms with Gasteiger partial charge in [-0.25, -0.2) is 4.79 Å². The summed E-state index contributed by atoms with van der Waals surface area (Å²) >= 11 is 4.70. The van der Waals surface area contributed by atoms with Crippen LogP contribution in [0.2, 0.25) is 0 Å². The Balaban J connectivity index is 2.31. The fourth-order valence-corrected chi connectivity index (χ4v) is 3.43. The number of piperazine rings is 1. The highest BCUT2D eigenvalue weighted by Gasteiger charge is 2.22. The van der Waals surface area contributed by atoms with E-state index in [-0.39, 0.29) is 0 Å². The molecule has 6 heteroatoms. The fourth-order valence-electron chi connectivity index (χ4n) is 3.18. The molecule has 1 amide bonds. The quantitative estimate of drug-likeness (QED) is 0.716. The summed E-state index contributed by atoms with van der Waals surface area (Å²) in [6.07, 6.45) is -0.427. The van der Waals surface area contributed by atoms with Gasteiger partial charge in [-0.15, -0.1) is 12.6 Å². The van der Waals surface area contributed by atoms with Crippen molar-refractivity contribution < 1.29 is 9.53 Å². The van der Waals surface area contributed by atoms with Crippen molar-refractivity contribution in [1.29, 1.82) is 0 Å². The van der Waals surface area contributed by atoms with Crippen molar-refractivity contribution >= 4 is 24.4 Å². The van der Waals surface area contributed by atoms with Gasteiger partial charge < -0.3 is 10.1 Å². The Morgan fingerprint density at radius 1 is 1.16 bits per heavy atom. The molecule has 0 unspecified atom stereocenters. The van der Waals surface area contributed by atoms with E-state index >= 15 is 0 Å². The van der Waals surface area contributed by atoms with Crippen molar-refractivity contribution in [2.24, 2.45) is 0 Å². The van der Waals surface area contributed by atoms with E-state index in [0.29, 0.717) is 0 Å². The van der Waals surface area contributed by atoms with Crippen LogP contribution < -0.4 is 10.6 Å². The van der Waals surface area contributed by atoms with Gasteiger partial charge in [0.15, 0.2) is 0 Å². The first-order valence-corrected chi connectivity index (χ1v) is 9.29. The maximum Gasteiger partial charge on any atom is 0.412 e. The van der Waals surface area contributed by atoms with Gasteiger partial charge >= 0.3 is 6.09 Å². The first-order valence-electron chi connectivity index (χ1n) is 8.85. The molecule has 0 spiro atoms. The number of benzene rings is 1. The van der Waals surface area contributed by atoms with Crippen molar-refractivity contribution in [3.05, 3.63) is 22.3 Å². The second-order valence-corrected chi connectivity index (χ2v) is 8.18. The summed E-state index contributed by atoms with van der Waals surface area (Å²) in [5, 5.41) is 6.32. The zero-order valence-corrected chi connectivity index (χ0v) is 17.1. The number of ether oxygens (including phenoxy) is 1. The molecule has 0 radical (unpaired) electrons. The van der Waals surface area contributed by atoms with Gasteiger partial charge in [0.25, 0.3) is 0 Å². The number of rotatable bonds is 3. The molecule has 1 heterocycles. The molecule has 1 fully saturated rings. The van der Waals surface area contributed by atoms with Crippen molar-refractivity contribution in [3.8, 4) is 0 Å². The molecule has 1 saturated heterocycles. The molecule has 5 nitrogen and oxygen atoms in total. The van der Waals surface area contributed by atoms with Crippen molar-refractivity contribution in [3.63, 3.8) is 0 Å². The number of carbonyl (C=O) groups is 1. The van der Waals surface area contributed by atoms with E-state index in [1.165, 1.54) is 11.1 Å². The fraction of sp³-hybridized carbons (Fsp3) is 0.632. The standard InChI is InChI=1S/C19H31N3O2S/c1-12-15(11-22-9-7-20-8-10-22)13(2)17(25)14(3)16(12)21-18(23)24-19(4,5)6/h20,25H,7-11H2,1-6H3,(H,21,23). The van der Waals surface area contributed by atoms with E-state index in [2.05, 4.69) is 29.4 Å². The largest absolute Gasteiger partial charge is 0.444 e. The average Bonchev–Trinajstić information content (AvgIpc) is 2.53. The maximum atomic E-state index is 12.3. The normalized spacial score (nSPS) is 16.0. The molecule has 1 aromatic carbocycles. The number of hydrogen-bond acceptors (Lipinski definition) is 5. The molecule has 2 N–H and O–H groups in total. The lowest BCUT2D eigenvalue weighted by Crippen LogP contribution is -2.43. The first kappa shape index (κ1) is 20.1. The van der Waals surface area contributed by atoms with Gasteiger partial charge in [0.1, 0.15) is 5.60 Å². The third kappa shape index (κ3) is 5.12. The zero-order chi connectivity index (χ0) is 18.8. The van der Waals surface area contributed by atoms with Crippen molar-refractivity contribution in [1.82, 2.24) is 10.2 Å². The molecule has 1 aliphatic heterocycles. The topological polar surface area (TPSA) is 53.6 Å². The Hall–Kier alpha value is -1.24. The smallest absolute Gasteiger partial charge is 0.412 e. The van der Waals surface area contributed by atoms with Gasteiger partial charge in [-0.3, -0.25) is 10.2 Å². The lowest BCUT2D eigenvalue weighted by Gasteiger charge is -2.30. The molecular formula is C19H31N3O2S. The van der Waals surface area contributed by atoms with Crippen LogP contribution >= 0.6 is 12.6 Å². The van der Waals surface area contributed by atoms with Crippen LogP contribution in [0.3, 0.4) is 0 Å². The molecule has 0 aliphatic carbocycles. The van der Waals surface area contributed by atoms with Gasteiger partial charge in [0.05, 0.1) is 5.69 Å². The molecule has 0 bridgehead atoms. The molecule has 0 atom stereocenters. The van der Waals surface area contributed by atoms with Gasteiger partial charge in [-0.2, -0.15) is 0 Å². The monoisotopic (exact) mass is 365 g/mol. The van der Waals surface area contributed by atoms with Crippen LogP contribution in [0, 0.1) is 20.8 Å². The molecule has 0 aromatic heterocycles. The second kappa shape index (κ2) is 7.98. The Kier molecular flexibility index (Phi) is 6.40. The Bertz CT molecular complexity index is 647. The third-order valence-electron chi connectivity index (χ3n) is 4.58. The van der Waals surface area contributed by atoms with E-state index in [4.69, 9.17) is 17.4 Å². The molecule has 140 valence electrons. The number of amides is 1. The summed E-state index contributed by atoms with van der Waals surface area (Å²) in [5.74, 6) is 0. The highest BCUT2D eigenvalue weighted by molar-refractivity contribution is 7.80. The zero-order valence-electron chi connectivity index (χ0n) is 16.2. The minimum absolute atomic E-state index is 0.427. The van der Waals surface area contributed by atoms with E-state index in [1.807, 2.05) is 27.7 Å². The van der Waals surface area contributed by atoms with E-state index < -0.39 is 11.7 Å².